The first-order valence-corrected chi connectivity index (χ1v) is 7.76. The molecule has 4 nitrogen and oxygen atoms in total. The van der Waals surface area contributed by atoms with E-state index in [4.69, 9.17) is 5.73 Å². The lowest BCUT2D eigenvalue weighted by Crippen LogP contribution is -1.82. The molecule has 1 heterocycles. The molecule has 1 aromatic heterocycles. The van der Waals surface area contributed by atoms with Crippen LogP contribution in [0.15, 0.2) is 58.8 Å². The van der Waals surface area contributed by atoms with Crippen molar-refractivity contribution in [1.29, 1.82) is 0 Å². The summed E-state index contributed by atoms with van der Waals surface area (Å²) in [7, 11) is 0. The van der Waals surface area contributed by atoms with E-state index in [1.807, 2.05) is 49.4 Å². The lowest BCUT2D eigenvalue weighted by atomic mass is 10.1. The molecule has 0 atom stereocenters. The average Bonchev–Trinajstić information content (AvgIpc) is 2.88. The van der Waals surface area contributed by atoms with Crippen LogP contribution in [-0.2, 0) is 0 Å². The number of aryl methyl sites for hydroxylation is 2. The fourth-order valence-corrected chi connectivity index (χ4v) is 2.87. The first kappa shape index (κ1) is 14.4. The maximum absolute atomic E-state index is 5.84. The average molecular weight is 308 g/mol. The molecule has 0 saturated heterocycles. The number of nitrogens with zero attached hydrogens (tertiary/aromatic N) is 3. The molecule has 3 aromatic rings. The number of hydrogen-bond donors (Lipinski definition) is 1. The topological polar surface area (TPSA) is 63.6 Å². The Bertz CT molecular complexity index is 822. The molecule has 0 bridgehead atoms. The van der Waals surface area contributed by atoms with E-state index in [0.717, 1.165) is 27.5 Å². The number of rotatable bonds is 3. The third kappa shape index (κ3) is 3.04. The minimum absolute atomic E-state index is 0.494. The van der Waals surface area contributed by atoms with Gasteiger partial charge in [0.1, 0.15) is 5.69 Å². The molecule has 0 spiro atoms. The number of benzene rings is 2. The van der Waals surface area contributed by atoms with Crippen molar-refractivity contribution in [3.05, 3.63) is 59.7 Å². The predicted octanol–water partition coefficient (Wildman–Crippen LogP) is 5.42. The van der Waals surface area contributed by atoms with Gasteiger partial charge in [0.15, 0.2) is 10.1 Å². The van der Waals surface area contributed by atoms with Crippen LogP contribution in [0.2, 0.25) is 0 Å². The Kier molecular flexibility index (Phi) is 3.98. The van der Waals surface area contributed by atoms with Gasteiger partial charge in [-0.15, -0.1) is 10.2 Å². The molecule has 3 rings (SSSR count). The number of aromatic nitrogens is 1. The van der Waals surface area contributed by atoms with Crippen molar-refractivity contribution in [2.75, 3.05) is 5.73 Å². The second kappa shape index (κ2) is 6.07. The molecular formula is C17H16N4S. The fraction of sp³-hybridized carbons (Fsp3) is 0.118. The highest BCUT2D eigenvalue weighted by atomic mass is 32.1. The summed E-state index contributed by atoms with van der Waals surface area (Å²) in [6, 6.07) is 16.0. The van der Waals surface area contributed by atoms with Crippen LogP contribution in [0.5, 0.6) is 0 Å². The highest BCUT2D eigenvalue weighted by Crippen LogP contribution is 2.37. The summed E-state index contributed by atoms with van der Waals surface area (Å²) in [6.07, 6.45) is 0. The molecule has 0 unspecified atom stereocenters. The molecule has 0 aliphatic carbocycles. The monoisotopic (exact) mass is 308 g/mol. The molecule has 110 valence electrons. The van der Waals surface area contributed by atoms with Gasteiger partial charge in [-0.05, 0) is 25.5 Å². The standard InChI is InChI=1S/C17H16N4S/c1-11-8-9-14(12(2)10-11)20-21-16-15(19-17(18)22-16)13-6-4-3-5-7-13/h3-10H,1-2H3,(H2,18,19). The normalized spacial score (nSPS) is 11.2. The number of anilines is 1. The Balaban J connectivity index is 1.97. The van der Waals surface area contributed by atoms with Gasteiger partial charge in [-0.25, -0.2) is 4.98 Å². The summed E-state index contributed by atoms with van der Waals surface area (Å²) in [6.45, 7) is 4.09. The molecule has 0 fully saturated rings. The smallest absolute Gasteiger partial charge is 0.182 e. The van der Waals surface area contributed by atoms with Crippen molar-refractivity contribution in [2.24, 2.45) is 10.2 Å². The van der Waals surface area contributed by atoms with Gasteiger partial charge in [0.25, 0.3) is 0 Å². The molecule has 2 aromatic carbocycles. The van der Waals surface area contributed by atoms with E-state index >= 15 is 0 Å². The van der Waals surface area contributed by atoms with Gasteiger partial charge in [0, 0.05) is 5.56 Å². The van der Waals surface area contributed by atoms with E-state index in [2.05, 4.69) is 28.2 Å². The van der Waals surface area contributed by atoms with Crippen LogP contribution in [0, 0.1) is 13.8 Å². The van der Waals surface area contributed by atoms with Gasteiger partial charge >= 0.3 is 0 Å². The van der Waals surface area contributed by atoms with Crippen LogP contribution in [0.4, 0.5) is 15.8 Å². The third-order valence-corrected chi connectivity index (χ3v) is 4.04. The predicted molar refractivity (Wildman–Crippen MR) is 92.1 cm³/mol. The number of azo groups is 1. The third-order valence-electron chi connectivity index (χ3n) is 3.27. The largest absolute Gasteiger partial charge is 0.375 e. The van der Waals surface area contributed by atoms with Crippen LogP contribution in [0.1, 0.15) is 11.1 Å². The molecule has 22 heavy (non-hydrogen) atoms. The van der Waals surface area contributed by atoms with Crippen molar-refractivity contribution in [1.82, 2.24) is 4.98 Å². The summed E-state index contributed by atoms with van der Waals surface area (Å²) in [5.41, 5.74) is 10.8. The van der Waals surface area contributed by atoms with Crippen LogP contribution in [-0.4, -0.2) is 4.98 Å². The minimum Gasteiger partial charge on any atom is -0.375 e. The highest BCUT2D eigenvalue weighted by molar-refractivity contribution is 7.19. The van der Waals surface area contributed by atoms with E-state index in [0.29, 0.717) is 5.13 Å². The van der Waals surface area contributed by atoms with Crippen LogP contribution in [0.25, 0.3) is 11.3 Å². The lowest BCUT2D eigenvalue weighted by molar-refractivity contribution is 1.21. The fourth-order valence-electron chi connectivity index (χ4n) is 2.20. The maximum atomic E-state index is 5.84. The van der Waals surface area contributed by atoms with Crippen molar-refractivity contribution < 1.29 is 0 Å². The quantitative estimate of drug-likeness (QED) is 0.656. The molecule has 5 heteroatoms. The Hall–Kier alpha value is -2.53. The summed E-state index contributed by atoms with van der Waals surface area (Å²) in [4.78, 5) is 4.37. The molecule has 0 aliphatic heterocycles. The Morgan fingerprint density at radius 3 is 2.50 bits per heavy atom. The molecule has 0 radical (unpaired) electrons. The van der Waals surface area contributed by atoms with Crippen molar-refractivity contribution in [3.63, 3.8) is 0 Å². The van der Waals surface area contributed by atoms with Crippen LogP contribution in [0.3, 0.4) is 0 Å². The zero-order valence-electron chi connectivity index (χ0n) is 12.4. The van der Waals surface area contributed by atoms with Crippen molar-refractivity contribution >= 4 is 27.2 Å². The SMILES string of the molecule is Cc1ccc(N=Nc2sc(N)nc2-c2ccccc2)c(C)c1. The second-order valence-electron chi connectivity index (χ2n) is 5.06. The first-order chi connectivity index (χ1) is 10.6. The van der Waals surface area contributed by atoms with Gasteiger partial charge in [-0.1, -0.05) is 59.4 Å². The summed E-state index contributed by atoms with van der Waals surface area (Å²) in [5.74, 6) is 0. The summed E-state index contributed by atoms with van der Waals surface area (Å²) in [5, 5.41) is 9.94. The molecule has 2 N–H and O–H groups in total. The van der Waals surface area contributed by atoms with Gasteiger partial charge < -0.3 is 5.73 Å². The number of nitrogen functional groups attached to an aromatic ring is 1. The van der Waals surface area contributed by atoms with Crippen LogP contribution < -0.4 is 5.73 Å². The van der Waals surface area contributed by atoms with Gasteiger partial charge in [0.2, 0.25) is 0 Å². The van der Waals surface area contributed by atoms with Gasteiger partial charge in [0.05, 0.1) is 5.69 Å². The maximum Gasteiger partial charge on any atom is 0.182 e. The first-order valence-electron chi connectivity index (χ1n) is 6.94. The number of hydrogen-bond acceptors (Lipinski definition) is 5. The van der Waals surface area contributed by atoms with Crippen LogP contribution >= 0.6 is 11.3 Å². The zero-order valence-corrected chi connectivity index (χ0v) is 13.3. The Morgan fingerprint density at radius 1 is 1.00 bits per heavy atom. The Morgan fingerprint density at radius 2 is 1.77 bits per heavy atom. The summed E-state index contributed by atoms with van der Waals surface area (Å²) < 4.78 is 0. The lowest BCUT2D eigenvalue weighted by Gasteiger charge is -2.00. The van der Waals surface area contributed by atoms with E-state index in [1.165, 1.54) is 16.9 Å². The molecular weight excluding hydrogens is 292 g/mol. The van der Waals surface area contributed by atoms with Gasteiger partial charge in [-0.2, -0.15) is 0 Å². The molecule has 0 saturated carbocycles. The van der Waals surface area contributed by atoms with Crippen molar-refractivity contribution in [3.8, 4) is 11.3 Å². The van der Waals surface area contributed by atoms with E-state index in [1.54, 1.807) is 0 Å². The number of thiazole rings is 1. The molecule has 0 aliphatic rings. The van der Waals surface area contributed by atoms with Gasteiger partial charge in [-0.3, -0.25) is 0 Å². The van der Waals surface area contributed by atoms with Crippen molar-refractivity contribution in [2.45, 2.75) is 13.8 Å². The zero-order chi connectivity index (χ0) is 15.5. The highest BCUT2D eigenvalue weighted by Gasteiger charge is 2.11. The summed E-state index contributed by atoms with van der Waals surface area (Å²) >= 11 is 1.34. The number of nitrogens with two attached hydrogens (primary N) is 1. The van der Waals surface area contributed by atoms with E-state index in [9.17, 15) is 0 Å². The minimum atomic E-state index is 0.494. The van der Waals surface area contributed by atoms with E-state index in [-0.39, 0.29) is 0 Å². The Labute approximate surface area is 133 Å². The molecule has 0 amide bonds. The second-order valence-corrected chi connectivity index (χ2v) is 6.07. The van der Waals surface area contributed by atoms with E-state index < -0.39 is 0 Å².